The highest BCUT2D eigenvalue weighted by Gasteiger charge is 2.20. The summed E-state index contributed by atoms with van der Waals surface area (Å²) in [5.41, 5.74) is 0. The smallest absolute Gasteiger partial charge is 0.239 e. The van der Waals surface area contributed by atoms with Gasteiger partial charge in [0, 0.05) is 25.5 Å². The van der Waals surface area contributed by atoms with Crippen molar-refractivity contribution in [1.29, 1.82) is 0 Å². The summed E-state index contributed by atoms with van der Waals surface area (Å²) in [6.45, 7) is 4.94. The third kappa shape index (κ3) is 4.96. The fraction of sp³-hybridized carbons (Fsp3) is 0.615. The molecule has 1 unspecified atom stereocenters. The summed E-state index contributed by atoms with van der Waals surface area (Å²) in [5, 5.41) is 3.32. The molecule has 0 saturated carbocycles. The van der Waals surface area contributed by atoms with Crippen LogP contribution >= 0.6 is 22.9 Å². The molecule has 1 rings (SSSR count). The molecule has 0 aliphatic heterocycles. The van der Waals surface area contributed by atoms with Gasteiger partial charge in [-0.3, -0.25) is 4.79 Å². The Bertz CT molecular complexity index is 390. The molecular weight excluding hydrogens is 268 g/mol. The van der Waals surface area contributed by atoms with Crippen molar-refractivity contribution in [2.24, 2.45) is 5.92 Å². The molecule has 1 amide bonds. The van der Waals surface area contributed by atoms with Gasteiger partial charge in [0.1, 0.15) is 0 Å². The van der Waals surface area contributed by atoms with Crippen LogP contribution in [0, 0.1) is 5.92 Å². The summed E-state index contributed by atoms with van der Waals surface area (Å²) in [5.74, 6) is 0.615. The van der Waals surface area contributed by atoms with Crippen molar-refractivity contribution in [2.75, 3.05) is 14.1 Å². The lowest BCUT2D eigenvalue weighted by Gasteiger charge is -2.23. The average molecular weight is 289 g/mol. The maximum atomic E-state index is 12.0. The fourth-order valence-corrected chi connectivity index (χ4v) is 2.76. The minimum atomic E-state index is -0.124. The van der Waals surface area contributed by atoms with E-state index in [1.165, 1.54) is 0 Å². The first kappa shape index (κ1) is 15.5. The summed E-state index contributed by atoms with van der Waals surface area (Å²) in [6.07, 6.45) is 0.843. The number of hydrogen-bond acceptors (Lipinski definition) is 3. The molecule has 5 heteroatoms. The third-order valence-electron chi connectivity index (χ3n) is 2.60. The molecular formula is C13H21ClN2OS. The minimum absolute atomic E-state index is 0.124. The average Bonchev–Trinajstić information content (AvgIpc) is 2.68. The van der Waals surface area contributed by atoms with Gasteiger partial charge in [-0.1, -0.05) is 25.4 Å². The van der Waals surface area contributed by atoms with Crippen LogP contribution in [0.1, 0.15) is 25.1 Å². The molecule has 1 aromatic heterocycles. The van der Waals surface area contributed by atoms with Crippen LogP contribution in [-0.4, -0.2) is 30.9 Å². The van der Waals surface area contributed by atoms with Crippen molar-refractivity contribution in [3.05, 3.63) is 21.3 Å². The van der Waals surface area contributed by atoms with E-state index in [-0.39, 0.29) is 11.9 Å². The lowest BCUT2D eigenvalue weighted by molar-refractivity contribution is -0.131. The normalized spacial score (nSPS) is 12.8. The molecule has 1 heterocycles. The number of likely N-dealkylation sites (N-methyl/N-ethyl adjacent to an activating group) is 1. The first-order valence-electron chi connectivity index (χ1n) is 6.09. The zero-order chi connectivity index (χ0) is 13.7. The van der Waals surface area contributed by atoms with Gasteiger partial charge in [0.15, 0.2) is 0 Å². The number of halogens is 1. The minimum Gasteiger partial charge on any atom is -0.347 e. The van der Waals surface area contributed by atoms with Crippen LogP contribution in [0.3, 0.4) is 0 Å². The molecule has 0 aliphatic carbocycles. The SMILES string of the molecule is CC(C)CC(NCc1ccc(Cl)s1)C(=O)N(C)C. The van der Waals surface area contributed by atoms with Crippen molar-refractivity contribution in [2.45, 2.75) is 32.9 Å². The van der Waals surface area contributed by atoms with Gasteiger partial charge in [0.05, 0.1) is 10.4 Å². The van der Waals surface area contributed by atoms with Crippen molar-refractivity contribution in [1.82, 2.24) is 10.2 Å². The topological polar surface area (TPSA) is 32.3 Å². The van der Waals surface area contributed by atoms with Gasteiger partial charge in [0.25, 0.3) is 0 Å². The second-order valence-electron chi connectivity index (χ2n) is 5.00. The predicted octanol–water partition coefficient (Wildman–Crippen LogP) is 2.99. The molecule has 0 fully saturated rings. The summed E-state index contributed by atoms with van der Waals surface area (Å²) in [4.78, 5) is 14.8. The Hall–Kier alpha value is -0.580. The van der Waals surface area contributed by atoms with Crippen LogP contribution in [0.5, 0.6) is 0 Å². The number of carbonyl (C=O) groups is 1. The van der Waals surface area contributed by atoms with Crippen LogP contribution in [0.15, 0.2) is 12.1 Å². The third-order valence-corrected chi connectivity index (χ3v) is 3.83. The largest absolute Gasteiger partial charge is 0.347 e. The van der Waals surface area contributed by atoms with Crippen molar-refractivity contribution in [3.63, 3.8) is 0 Å². The quantitative estimate of drug-likeness (QED) is 0.873. The Balaban J connectivity index is 2.58. The van der Waals surface area contributed by atoms with Gasteiger partial charge in [-0.25, -0.2) is 0 Å². The van der Waals surface area contributed by atoms with Crippen LogP contribution < -0.4 is 5.32 Å². The maximum Gasteiger partial charge on any atom is 0.239 e. The molecule has 102 valence electrons. The Morgan fingerprint density at radius 1 is 1.44 bits per heavy atom. The molecule has 3 nitrogen and oxygen atoms in total. The molecule has 18 heavy (non-hydrogen) atoms. The number of nitrogens with one attached hydrogen (secondary N) is 1. The lowest BCUT2D eigenvalue weighted by atomic mass is 10.0. The standard InChI is InChI=1S/C13H21ClN2OS/c1-9(2)7-11(13(17)16(3)4)15-8-10-5-6-12(14)18-10/h5-6,9,11,15H,7-8H2,1-4H3. The molecule has 0 aromatic carbocycles. The summed E-state index contributed by atoms with van der Waals surface area (Å²) in [6, 6.07) is 3.75. The Kier molecular flexibility index (Phi) is 6.12. The zero-order valence-corrected chi connectivity index (χ0v) is 12.9. The molecule has 0 aliphatic rings. The van der Waals surface area contributed by atoms with Crippen molar-refractivity contribution in [3.8, 4) is 0 Å². The molecule has 1 atom stereocenters. The lowest BCUT2D eigenvalue weighted by Crippen LogP contribution is -2.43. The highest BCUT2D eigenvalue weighted by atomic mass is 35.5. The Morgan fingerprint density at radius 2 is 2.11 bits per heavy atom. The van der Waals surface area contributed by atoms with Gasteiger partial charge in [-0.05, 0) is 24.5 Å². The van der Waals surface area contributed by atoms with E-state index in [0.29, 0.717) is 12.5 Å². The van der Waals surface area contributed by atoms with E-state index in [0.717, 1.165) is 15.6 Å². The van der Waals surface area contributed by atoms with E-state index >= 15 is 0 Å². The highest BCUT2D eigenvalue weighted by molar-refractivity contribution is 7.16. The predicted molar refractivity (Wildman–Crippen MR) is 78.1 cm³/mol. The van der Waals surface area contributed by atoms with Crippen LogP contribution in [0.4, 0.5) is 0 Å². The molecule has 0 spiro atoms. The first-order chi connectivity index (χ1) is 8.40. The van der Waals surface area contributed by atoms with Gasteiger partial charge in [-0.2, -0.15) is 0 Å². The number of carbonyl (C=O) groups excluding carboxylic acids is 1. The molecule has 0 saturated heterocycles. The van der Waals surface area contributed by atoms with Crippen LogP contribution in [-0.2, 0) is 11.3 Å². The number of rotatable bonds is 6. The number of thiophene rings is 1. The van der Waals surface area contributed by atoms with Crippen molar-refractivity contribution < 1.29 is 4.79 Å². The second-order valence-corrected chi connectivity index (χ2v) is 6.80. The molecule has 0 bridgehead atoms. The summed E-state index contributed by atoms with van der Waals surface area (Å²) in [7, 11) is 3.58. The van der Waals surface area contributed by atoms with Crippen molar-refractivity contribution >= 4 is 28.8 Å². The van der Waals surface area contributed by atoms with Crippen LogP contribution in [0.25, 0.3) is 0 Å². The van der Waals surface area contributed by atoms with E-state index in [9.17, 15) is 4.79 Å². The molecule has 1 aromatic rings. The zero-order valence-electron chi connectivity index (χ0n) is 11.4. The van der Waals surface area contributed by atoms with Gasteiger partial charge in [0.2, 0.25) is 5.91 Å². The monoisotopic (exact) mass is 288 g/mol. The fourth-order valence-electron chi connectivity index (χ4n) is 1.73. The van der Waals surface area contributed by atoms with E-state index in [1.807, 2.05) is 12.1 Å². The van der Waals surface area contributed by atoms with Gasteiger partial charge >= 0.3 is 0 Å². The highest BCUT2D eigenvalue weighted by Crippen LogP contribution is 2.21. The number of nitrogens with zero attached hydrogens (tertiary/aromatic N) is 1. The van der Waals surface area contributed by atoms with E-state index in [4.69, 9.17) is 11.6 Å². The Morgan fingerprint density at radius 3 is 2.56 bits per heavy atom. The maximum absolute atomic E-state index is 12.0. The Labute approximate surface area is 118 Å². The first-order valence-corrected chi connectivity index (χ1v) is 7.28. The second kappa shape index (κ2) is 7.12. The summed E-state index contributed by atoms with van der Waals surface area (Å²) < 4.78 is 0.783. The molecule has 0 radical (unpaired) electrons. The van der Waals surface area contributed by atoms with Gasteiger partial charge in [-0.15, -0.1) is 11.3 Å². The molecule has 1 N–H and O–H groups in total. The van der Waals surface area contributed by atoms with Gasteiger partial charge < -0.3 is 10.2 Å². The van der Waals surface area contributed by atoms with E-state index in [1.54, 1.807) is 30.3 Å². The van der Waals surface area contributed by atoms with E-state index in [2.05, 4.69) is 19.2 Å². The number of amides is 1. The summed E-state index contributed by atoms with van der Waals surface area (Å²) >= 11 is 7.44. The number of hydrogen-bond donors (Lipinski definition) is 1. The van der Waals surface area contributed by atoms with E-state index < -0.39 is 0 Å². The van der Waals surface area contributed by atoms with Crippen LogP contribution in [0.2, 0.25) is 4.34 Å².